The summed E-state index contributed by atoms with van der Waals surface area (Å²) in [6.45, 7) is 4.87. The number of carbonyl (C=O) groups is 1. The second-order valence-corrected chi connectivity index (χ2v) is 4.69. The lowest BCUT2D eigenvalue weighted by atomic mass is 10.1. The van der Waals surface area contributed by atoms with E-state index in [1.165, 1.54) is 32.4 Å². The van der Waals surface area contributed by atoms with Crippen LogP contribution in [0.3, 0.4) is 0 Å². The van der Waals surface area contributed by atoms with Crippen LogP contribution in [0.2, 0.25) is 0 Å². The molecule has 2 saturated heterocycles. The molecule has 0 aromatic rings. The van der Waals surface area contributed by atoms with Gasteiger partial charge in [0.25, 0.3) is 0 Å². The van der Waals surface area contributed by atoms with E-state index in [0.717, 1.165) is 32.5 Å². The summed E-state index contributed by atoms with van der Waals surface area (Å²) in [6.07, 6.45) is 5.69. The van der Waals surface area contributed by atoms with Crippen molar-refractivity contribution >= 4 is 5.91 Å². The molecule has 0 aromatic heterocycles. The molecule has 2 rings (SSSR count). The zero-order valence-corrected chi connectivity index (χ0v) is 9.91. The third-order valence-electron chi connectivity index (χ3n) is 3.40. The van der Waals surface area contributed by atoms with E-state index < -0.39 is 0 Å². The van der Waals surface area contributed by atoms with Crippen molar-refractivity contribution in [2.24, 2.45) is 0 Å². The largest absolute Gasteiger partial charge is 0.368 e. The number of nitrogens with zero attached hydrogens (tertiary/aromatic N) is 1. The molecule has 1 amide bonds. The Kier molecular flexibility index (Phi) is 4.60. The fraction of sp³-hybridized carbons (Fsp3) is 0.917. The maximum atomic E-state index is 11.6. The Hall–Kier alpha value is -0.610. The smallest absolute Gasteiger partial charge is 0.249 e. The van der Waals surface area contributed by atoms with Crippen LogP contribution in [0, 0.1) is 0 Å². The number of nitrogens with one attached hydrogen (secondary N) is 1. The van der Waals surface area contributed by atoms with E-state index in [1.54, 1.807) is 0 Å². The highest BCUT2D eigenvalue weighted by Gasteiger charge is 2.23. The number of hydrogen-bond donors (Lipinski definition) is 1. The molecule has 2 heterocycles. The first-order chi connectivity index (χ1) is 7.86. The predicted molar refractivity (Wildman–Crippen MR) is 62.3 cm³/mol. The van der Waals surface area contributed by atoms with Gasteiger partial charge in [-0.15, -0.1) is 0 Å². The van der Waals surface area contributed by atoms with Crippen LogP contribution >= 0.6 is 0 Å². The Morgan fingerprint density at radius 1 is 1.25 bits per heavy atom. The van der Waals surface area contributed by atoms with Crippen LogP contribution in [-0.2, 0) is 9.53 Å². The van der Waals surface area contributed by atoms with Crippen molar-refractivity contribution in [3.05, 3.63) is 0 Å². The Labute approximate surface area is 97.3 Å². The van der Waals surface area contributed by atoms with Gasteiger partial charge in [-0.3, -0.25) is 4.79 Å². The minimum absolute atomic E-state index is 0.0782. The summed E-state index contributed by atoms with van der Waals surface area (Å²) in [5.41, 5.74) is 0. The highest BCUT2D eigenvalue weighted by atomic mass is 16.5. The molecule has 4 heteroatoms. The van der Waals surface area contributed by atoms with E-state index in [9.17, 15) is 4.79 Å². The summed E-state index contributed by atoms with van der Waals surface area (Å²) in [4.78, 5) is 14.1. The number of likely N-dealkylation sites (tertiary alicyclic amines) is 1. The minimum Gasteiger partial charge on any atom is -0.368 e. The van der Waals surface area contributed by atoms with Gasteiger partial charge in [0.05, 0.1) is 0 Å². The average Bonchev–Trinajstić information content (AvgIpc) is 2.84. The van der Waals surface area contributed by atoms with Crippen molar-refractivity contribution in [2.75, 3.05) is 32.8 Å². The molecular formula is C12H22N2O2. The first-order valence-corrected chi connectivity index (χ1v) is 6.48. The van der Waals surface area contributed by atoms with Crippen molar-refractivity contribution in [2.45, 2.75) is 38.2 Å². The van der Waals surface area contributed by atoms with Gasteiger partial charge in [-0.25, -0.2) is 0 Å². The van der Waals surface area contributed by atoms with Crippen molar-refractivity contribution in [1.29, 1.82) is 0 Å². The quantitative estimate of drug-likeness (QED) is 0.770. The molecule has 0 spiro atoms. The number of piperidine rings is 1. The molecule has 0 aliphatic carbocycles. The van der Waals surface area contributed by atoms with Gasteiger partial charge in [-0.05, 0) is 38.8 Å². The Balaban J connectivity index is 1.57. The lowest BCUT2D eigenvalue weighted by molar-refractivity contribution is -0.130. The predicted octanol–water partition coefficient (Wildman–Crippen LogP) is 0.767. The van der Waals surface area contributed by atoms with Crippen molar-refractivity contribution in [1.82, 2.24) is 10.2 Å². The van der Waals surface area contributed by atoms with E-state index in [0.29, 0.717) is 0 Å². The maximum absolute atomic E-state index is 11.6. The molecule has 2 aliphatic rings. The van der Waals surface area contributed by atoms with Crippen LogP contribution in [0.25, 0.3) is 0 Å². The van der Waals surface area contributed by atoms with E-state index in [1.807, 2.05) is 0 Å². The van der Waals surface area contributed by atoms with Gasteiger partial charge in [0.2, 0.25) is 5.91 Å². The van der Waals surface area contributed by atoms with E-state index >= 15 is 0 Å². The molecule has 2 aliphatic heterocycles. The highest BCUT2D eigenvalue weighted by Crippen LogP contribution is 2.11. The van der Waals surface area contributed by atoms with E-state index in [4.69, 9.17) is 4.74 Å². The molecule has 16 heavy (non-hydrogen) atoms. The molecule has 1 N–H and O–H groups in total. The SMILES string of the molecule is O=C(NCCN1CCCCC1)C1CCCO1. The molecule has 0 saturated carbocycles. The van der Waals surface area contributed by atoms with Gasteiger partial charge in [0, 0.05) is 19.7 Å². The van der Waals surface area contributed by atoms with Crippen molar-refractivity contribution < 1.29 is 9.53 Å². The topological polar surface area (TPSA) is 41.6 Å². The average molecular weight is 226 g/mol. The summed E-state index contributed by atoms with van der Waals surface area (Å²) in [5, 5.41) is 2.97. The standard InChI is InChI=1S/C12H22N2O2/c15-12(11-5-4-10-16-11)13-6-9-14-7-2-1-3-8-14/h11H,1-10H2,(H,13,15). The summed E-state index contributed by atoms with van der Waals surface area (Å²) in [5.74, 6) is 0.0782. The van der Waals surface area contributed by atoms with Crippen molar-refractivity contribution in [3.8, 4) is 0 Å². The highest BCUT2D eigenvalue weighted by molar-refractivity contribution is 5.80. The fourth-order valence-electron chi connectivity index (χ4n) is 2.42. The van der Waals surface area contributed by atoms with Gasteiger partial charge in [-0.2, -0.15) is 0 Å². The molecule has 2 fully saturated rings. The van der Waals surface area contributed by atoms with Gasteiger partial charge >= 0.3 is 0 Å². The molecule has 0 bridgehead atoms. The fourth-order valence-corrected chi connectivity index (χ4v) is 2.42. The summed E-state index contributed by atoms with van der Waals surface area (Å²) in [6, 6.07) is 0. The van der Waals surface area contributed by atoms with Gasteiger partial charge < -0.3 is 15.0 Å². The van der Waals surface area contributed by atoms with Gasteiger partial charge in [0.15, 0.2) is 0 Å². The third kappa shape index (κ3) is 3.46. The van der Waals surface area contributed by atoms with Crippen LogP contribution in [-0.4, -0.2) is 49.7 Å². The van der Waals surface area contributed by atoms with E-state index in [2.05, 4.69) is 10.2 Å². The number of carbonyl (C=O) groups excluding carboxylic acids is 1. The first kappa shape index (κ1) is 11.9. The number of rotatable bonds is 4. The Morgan fingerprint density at radius 3 is 2.75 bits per heavy atom. The molecule has 0 radical (unpaired) electrons. The first-order valence-electron chi connectivity index (χ1n) is 6.48. The molecule has 1 atom stereocenters. The van der Waals surface area contributed by atoms with Crippen LogP contribution in [0.4, 0.5) is 0 Å². The van der Waals surface area contributed by atoms with Crippen LogP contribution in [0.5, 0.6) is 0 Å². The molecule has 92 valence electrons. The molecule has 4 nitrogen and oxygen atoms in total. The zero-order chi connectivity index (χ0) is 11.2. The summed E-state index contributed by atoms with van der Waals surface area (Å²) < 4.78 is 5.33. The molecule has 1 unspecified atom stereocenters. The minimum atomic E-state index is -0.179. The molecule has 0 aromatic carbocycles. The lowest BCUT2D eigenvalue weighted by Gasteiger charge is -2.26. The number of amides is 1. The maximum Gasteiger partial charge on any atom is 0.249 e. The van der Waals surface area contributed by atoms with Crippen LogP contribution in [0.15, 0.2) is 0 Å². The second kappa shape index (κ2) is 6.21. The number of hydrogen-bond acceptors (Lipinski definition) is 3. The number of ether oxygens (including phenoxy) is 1. The van der Waals surface area contributed by atoms with Gasteiger partial charge in [0.1, 0.15) is 6.10 Å². The Bertz CT molecular complexity index is 221. The normalized spacial score (nSPS) is 26.9. The summed E-state index contributed by atoms with van der Waals surface area (Å²) in [7, 11) is 0. The Morgan fingerprint density at radius 2 is 2.06 bits per heavy atom. The van der Waals surface area contributed by atoms with Crippen LogP contribution in [0.1, 0.15) is 32.1 Å². The zero-order valence-electron chi connectivity index (χ0n) is 9.91. The van der Waals surface area contributed by atoms with Crippen molar-refractivity contribution in [3.63, 3.8) is 0 Å². The van der Waals surface area contributed by atoms with Gasteiger partial charge in [-0.1, -0.05) is 6.42 Å². The lowest BCUT2D eigenvalue weighted by Crippen LogP contribution is -2.41. The summed E-state index contributed by atoms with van der Waals surface area (Å²) >= 11 is 0. The van der Waals surface area contributed by atoms with E-state index in [-0.39, 0.29) is 12.0 Å². The monoisotopic (exact) mass is 226 g/mol. The second-order valence-electron chi connectivity index (χ2n) is 4.69. The molecular weight excluding hydrogens is 204 g/mol. The van der Waals surface area contributed by atoms with Crippen LogP contribution < -0.4 is 5.32 Å². The third-order valence-corrected chi connectivity index (χ3v) is 3.40.